The molecule has 0 spiro atoms. The number of hydrogen-bond donors (Lipinski definition) is 0. The Morgan fingerprint density at radius 2 is 1.71 bits per heavy atom. The van der Waals surface area contributed by atoms with Gasteiger partial charge in [0.25, 0.3) is 0 Å². The van der Waals surface area contributed by atoms with Crippen molar-refractivity contribution in [1.29, 1.82) is 0 Å². The Morgan fingerprint density at radius 1 is 1.14 bits per heavy atom. The number of hydrogen-bond acceptors (Lipinski definition) is 5. The van der Waals surface area contributed by atoms with E-state index in [4.69, 9.17) is 23.5 Å². The molecule has 0 bridgehead atoms. The van der Waals surface area contributed by atoms with E-state index in [1.807, 2.05) is 41.5 Å². The molecule has 0 N–H and O–H groups in total. The molecular formula is C15H27BO5. The van der Waals surface area contributed by atoms with E-state index in [0.29, 0.717) is 19.8 Å². The first-order valence-electron chi connectivity index (χ1n) is 7.45. The third kappa shape index (κ3) is 3.87. The van der Waals surface area contributed by atoms with E-state index < -0.39 is 12.9 Å². The molecule has 0 aliphatic carbocycles. The van der Waals surface area contributed by atoms with Crippen LogP contribution < -0.4 is 0 Å². The molecular weight excluding hydrogens is 271 g/mol. The van der Waals surface area contributed by atoms with E-state index >= 15 is 0 Å². The zero-order valence-electron chi connectivity index (χ0n) is 14.0. The van der Waals surface area contributed by atoms with Gasteiger partial charge in [-0.25, -0.2) is 0 Å². The zero-order chi connectivity index (χ0) is 15.9. The summed E-state index contributed by atoms with van der Waals surface area (Å²) in [7, 11) is -0.424. The fourth-order valence-corrected chi connectivity index (χ4v) is 2.24. The Balaban J connectivity index is 1.74. The summed E-state index contributed by atoms with van der Waals surface area (Å²) < 4.78 is 28.7. The maximum Gasteiger partial charge on any atom is 0.492 e. The second kappa shape index (κ2) is 5.67. The van der Waals surface area contributed by atoms with Crippen LogP contribution in [0.5, 0.6) is 0 Å². The molecule has 1 unspecified atom stereocenters. The van der Waals surface area contributed by atoms with Crippen LogP contribution in [0.3, 0.4) is 0 Å². The van der Waals surface area contributed by atoms with Gasteiger partial charge in [-0.15, -0.1) is 6.58 Å². The first kappa shape index (κ1) is 17.0. The van der Waals surface area contributed by atoms with Crippen LogP contribution in [0, 0.1) is 0 Å². The van der Waals surface area contributed by atoms with E-state index in [9.17, 15) is 0 Å². The van der Waals surface area contributed by atoms with Crippen LogP contribution in [0.2, 0.25) is 0 Å². The highest BCUT2D eigenvalue weighted by Gasteiger charge is 2.52. The summed E-state index contributed by atoms with van der Waals surface area (Å²) in [5.74, 6) is -0.517. The molecule has 0 saturated carbocycles. The van der Waals surface area contributed by atoms with Gasteiger partial charge < -0.3 is 23.5 Å². The second-order valence-corrected chi connectivity index (χ2v) is 7.21. The van der Waals surface area contributed by atoms with E-state index in [0.717, 1.165) is 5.47 Å². The quantitative estimate of drug-likeness (QED) is 0.729. The first-order chi connectivity index (χ1) is 9.52. The number of rotatable bonds is 5. The summed E-state index contributed by atoms with van der Waals surface area (Å²) in [4.78, 5) is 0. The fourth-order valence-electron chi connectivity index (χ4n) is 2.24. The van der Waals surface area contributed by atoms with Crippen molar-refractivity contribution in [3.05, 3.63) is 12.1 Å². The Kier molecular flexibility index (Phi) is 4.58. The van der Waals surface area contributed by atoms with Gasteiger partial charge in [-0.3, -0.25) is 0 Å². The molecule has 2 heterocycles. The summed E-state index contributed by atoms with van der Waals surface area (Å²) >= 11 is 0. The predicted molar refractivity (Wildman–Crippen MR) is 80.9 cm³/mol. The Bertz CT molecular complexity index is 389. The summed E-state index contributed by atoms with van der Waals surface area (Å²) in [6.45, 7) is 17.3. The van der Waals surface area contributed by atoms with Crippen molar-refractivity contribution in [2.75, 3.05) is 19.8 Å². The van der Waals surface area contributed by atoms with Crippen LogP contribution in [0.15, 0.2) is 12.1 Å². The minimum Gasteiger partial charge on any atom is -0.400 e. The monoisotopic (exact) mass is 298 g/mol. The van der Waals surface area contributed by atoms with Crippen molar-refractivity contribution in [1.82, 2.24) is 0 Å². The zero-order valence-corrected chi connectivity index (χ0v) is 14.0. The van der Waals surface area contributed by atoms with Gasteiger partial charge in [0.15, 0.2) is 5.79 Å². The van der Waals surface area contributed by atoms with Crippen LogP contribution >= 0.6 is 0 Å². The van der Waals surface area contributed by atoms with E-state index in [2.05, 4.69) is 6.58 Å². The molecule has 2 aliphatic heterocycles. The van der Waals surface area contributed by atoms with Crippen molar-refractivity contribution < 1.29 is 23.5 Å². The predicted octanol–water partition coefficient (Wildman–Crippen LogP) is 2.34. The van der Waals surface area contributed by atoms with Crippen molar-refractivity contribution in [3.8, 4) is 0 Å². The molecule has 0 aromatic rings. The summed E-state index contributed by atoms with van der Waals surface area (Å²) in [5.41, 5.74) is 0.0758. The molecule has 5 nitrogen and oxygen atoms in total. The van der Waals surface area contributed by atoms with Crippen molar-refractivity contribution in [2.45, 2.75) is 64.6 Å². The molecule has 120 valence electrons. The Hall–Kier alpha value is -0.395. The molecule has 1 atom stereocenters. The van der Waals surface area contributed by atoms with E-state index in [-0.39, 0.29) is 17.3 Å². The van der Waals surface area contributed by atoms with Gasteiger partial charge in [0, 0.05) is 0 Å². The van der Waals surface area contributed by atoms with Crippen molar-refractivity contribution in [3.63, 3.8) is 0 Å². The van der Waals surface area contributed by atoms with Gasteiger partial charge in [-0.05, 0) is 47.0 Å². The van der Waals surface area contributed by atoms with Crippen LogP contribution in [0.25, 0.3) is 0 Å². The Morgan fingerprint density at radius 3 is 2.19 bits per heavy atom. The third-order valence-electron chi connectivity index (χ3n) is 4.25. The maximum absolute atomic E-state index is 5.92. The fraction of sp³-hybridized carbons (Fsp3) is 0.867. The van der Waals surface area contributed by atoms with Crippen LogP contribution in [0.1, 0.15) is 41.5 Å². The van der Waals surface area contributed by atoms with E-state index in [1.54, 1.807) is 0 Å². The van der Waals surface area contributed by atoms with Gasteiger partial charge in [0.1, 0.15) is 6.10 Å². The molecule has 2 saturated heterocycles. The largest absolute Gasteiger partial charge is 0.492 e. The van der Waals surface area contributed by atoms with Crippen LogP contribution in [-0.2, 0) is 23.5 Å². The second-order valence-electron chi connectivity index (χ2n) is 7.21. The minimum absolute atomic E-state index is 0.0360. The Labute approximate surface area is 128 Å². The molecule has 2 rings (SSSR count). The molecule has 0 radical (unpaired) electrons. The topological polar surface area (TPSA) is 46.2 Å². The average molecular weight is 298 g/mol. The van der Waals surface area contributed by atoms with Gasteiger partial charge in [0.2, 0.25) is 0 Å². The highest BCUT2D eigenvalue weighted by molar-refractivity contribution is 6.54. The van der Waals surface area contributed by atoms with Gasteiger partial charge in [-0.1, -0.05) is 0 Å². The molecule has 0 aromatic carbocycles. The lowest BCUT2D eigenvalue weighted by atomic mass is 9.80. The highest BCUT2D eigenvalue weighted by Crippen LogP contribution is 2.38. The molecule has 2 aliphatic rings. The molecule has 0 aromatic heterocycles. The van der Waals surface area contributed by atoms with Gasteiger partial charge >= 0.3 is 7.12 Å². The lowest BCUT2D eigenvalue weighted by molar-refractivity contribution is -0.144. The number of ether oxygens (including phenoxy) is 3. The third-order valence-corrected chi connectivity index (χ3v) is 4.25. The van der Waals surface area contributed by atoms with Gasteiger partial charge in [0.05, 0.1) is 31.0 Å². The summed E-state index contributed by atoms with van der Waals surface area (Å²) in [6, 6.07) is 0. The summed E-state index contributed by atoms with van der Waals surface area (Å²) in [5, 5.41) is 0. The van der Waals surface area contributed by atoms with Crippen molar-refractivity contribution >= 4 is 7.12 Å². The first-order valence-corrected chi connectivity index (χ1v) is 7.45. The van der Waals surface area contributed by atoms with Gasteiger partial charge in [-0.2, -0.15) is 0 Å². The van der Waals surface area contributed by atoms with Crippen molar-refractivity contribution in [2.24, 2.45) is 0 Å². The standard InChI is InChI=1S/C15H27BO5/c1-11(16-20-13(2,3)14(4,5)21-16)8-17-9-12-10-18-15(6,7)19-12/h12H,1,8-10H2,2-7H3. The lowest BCUT2D eigenvalue weighted by Crippen LogP contribution is -2.41. The SMILES string of the molecule is C=C(COCC1COC(C)(C)O1)B1OC(C)(C)C(C)(C)O1. The minimum atomic E-state index is -0.517. The van der Waals surface area contributed by atoms with Crippen LogP contribution in [-0.4, -0.2) is 50.0 Å². The van der Waals surface area contributed by atoms with E-state index in [1.165, 1.54) is 0 Å². The highest BCUT2D eigenvalue weighted by atomic mass is 16.7. The molecule has 2 fully saturated rings. The normalized spacial score (nSPS) is 29.8. The summed E-state index contributed by atoms with van der Waals surface area (Å²) in [6.07, 6.45) is -0.0360. The molecule has 6 heteroatoms. The average Bonchev–Trinajstić information content (AvgIpc) is 2.76. The molecule has 0 amide bonds. The maximum atomic E-state index is 5.92. The van der Waals surface area contributed by atoms with Crippen LogP contribution in [0.4, 0.5) is 0 Å². The smallest absolute Gasteiger partial charge is 0.400 e. The molecule has 21 heavy (non-hydrogen) atoms. The lowest BCUT2D eigenvalue weighted by Gasteiger charge is -2.32.